The summed E-state index contributed by atoms with van der Waals surface area (Å²) in [6, 6.07) is 18.5. The van der Waals surface area contributed by atoms with E-state index in [1.165, 1.54) is 76.0 Å². The van der Waals surface area contributed by atoms with Crippen molar-refractivity contribution < 1.29 is 79.0 Å². The fourth-order valence-electron chi connectivity index (χ4n) is 3.88. The van der Waals surface area contributed by atoms with E-state index >= 15 is 0 Å². The first kappa shape index (κ1) is 46.1. The Kier molecular flexibility index (Phi) is 20.1. The molecule has 0 aliphatic heterocycles. The van der Waals surface area contributed by atoms with Crippen LogP contribution >= 0.6 is 0 Å². The van der Waals surface area contributed by atoms with Crippen LogP contribution in [0, 0.1) is 0 Å². The lowest BCUT2D eigenvalue weighted by molar-refractivity contribution is -0.132. The van der Waals surface area contributed by atoms with E-state index in [1.807, 2.05) is 0 Å². The average Bonchev–Trinajstić information content (AvgIpc) is 3.17. The van der Waals surface area contributed by atoms with Gasteiger partial charge in [-0.3, -0.25) is 0 Å². The van der Waals surface area contributed by atoms with Crippen LogP contribution in [-0.4, -0.2) is 93.2 Å². The summed E-state index contributed by atoms with van der Waals surface area (Å²) in [5, 5.41) is 70.1. The molecule has 4 aromatic rings. The van der Waals surface area contributed by atoms with Crippen molar-refractivity contribution >= 4 is 48.2 Å². The minimum absolute atomic E-state index is 0.0139. The summed E-state index contributed by atoms with van der Waals surface area (Å²) in [6.07, 6.45) is 9.66. The molecule has 0 spiro atoms. The molecule has 0 radical (unpaired) electrons. The first-order valence-corrected chi connectivity index (χ1v) is 15.6. The SMILES string of the molecule is COc1cc(/C=C/C(=O)O)ccc1O.COc1ccc(/C=C/C(=O)O)cc1O.COc1ccc(/C=C/C(=O)O)cc1OC.O=C(O)/C=C/c1ccc(O)c(O)c1. The summed E-state index contributed by atoms with van der Waals surface area (Å²) < 4.78 is 19.8. The maximum Gasteiger partial charge on any atom is 0.328 e. The van der Waals surface area contributed by atoms with Gasteiger partial charge in [-0.05, 0) is 95.1 Å². The van der Waals surface area contributed by atoms with Gasteiger partial charge in [0.05, 0.1) is 28.4 Å². The van der Waals surface area contributed by atoms with Crippen molar-refractivity contribution in [2.45, 2.75) is 0 Å². The van der Waals surface area contributed by atoms with E-state index in [1.54, 1.807) is 49.6 Å². The summed E-state index contributed by atoms with van der Waals surface area (Å²) in [7, 11) is 5.95. The van der Waals surface area contributed by atoms with Gasteiger partial charge in [-0.1, -0.05) is 24.3 Å². The van der Waals surface area contributed by atoms with Gasteiger partial charge >= 0.3 is 23.9 Å². The zero-order valence-electron chi connectivity index (χ0n) is 30.4. The van der Waals surface area contributed by atoms with Gasteiger partial charge in [0.25, 0.3) is 0 Å². The van der Waals surface area contributed by atoms with Crippen LogP contribution in [-0.2, 0) is 19.2 Å². The van der Waals surface area contributed by atoms with E-state index in [9.17, 15) is 29.4 Å². The molecule has 0 aliphatic carbocycles. The van der Waals surface area contributed by atoms with Gasteiger partial charge < -0.3 is 59.8 Å². The highest BCUT2D eigenvalue weighted by Crippen LogP contribution is 2.29. The zero-order valence-corrected chi connectivity index (χ0v) is 30.4. The predicted molar refractivity (Wildman–Crippen MR) is 205 cm³/mol. The predicted octanol–water partition coefficient (Wildman–Crippen LogP) is 5.99. The third-order valence-electron chi connectivity index (χ3n) is 6.49. The summed E-state index contributed by atoms with van der Waals surface area (Å²) in [4.78, 5) is 40.9. The number of hydrogen-bond donors (Lipinski definition) is 8. The van der Waals surface area contributed by atoms with E-state index in [-0.39, 0.29) is 23.0 Å². The molecule has 0 saturated heterocycles. The minimum Gasteiger partial charge on any atom is -0.504 e. The standard InChI is InChI=1S/C11H12O4.2C10H10O4.C9H8O4/c1-14-9-5-3-8(4-6-11(12)13)7-10(9)15-2;1-14-9-4-2-7(6-8(9)11)3-5-10(12)13;1-14-9-6-7(2-4-8(9)11)3-5-10(12)13;10-7-3-1-6(5-8(7)11)2-4-9(12)13/h3-7H,1-2H3,(H,12,13);2*2-6,11H,1H3,(H,12,13);1-5,10-11H,(H,12,13)/b6-4+;2*5-3+;4-2+. The van der Waals surface area contributed by atoms with Crippen LogP contribution < -0.4 is 18.9 Å². The van der Waals surface area contributed by atoms with Crippen LogP contribution in [0.4, 0.5) is 0 Å². The highest BCUT2D eigenvalue weighted by Gasteiger charge is 2.04. The molecule has 16 nitrogen and oxygen atoms in total. The highest BCUT2D eigenvalue weighted by molar-refractivity contribution is 5.87. The van der Waals surface area contributed by atoms with Gasteiger partial charge in [-0.25, -0.2) is 19.2 Å². The smallest absolute Gasteiger partial charge is 0.328 e. The highest BCUT2D eigenvalue weighted by atomic mass is 16.5. The third-order valence-corrected chi connectivity index (χ3v) is 6.49. The molecule has 0 amide bonds. The molecule has 0 saturated carbocycles. The largest absolute Gasteiger partial charge is 0.504 e. The quantitative estimate of drug-likeness (QED) is 0.0606. The van der Waals surface area contributed by atoms with E-state index in [0.29, 0.717) is 39.7 Å². The second-order valence-corrected chi connectivity index (χ2v) is 10.4. The van der Waals surface area contributed by atoms with Crippen molar-refractivity contribution in [3.8, 4) is 46.0 Å². The van der Waals surface area contributed by atoms with E-state index in [2.05, 4.69) is 0 Å². The second-order valence-electron chi connectivity index (χ2n) is 10.4. The number of phenolic OH excluding ortho intramolecular Hbond substituents is 4. The molecule has 8 N–H and O–H groups in total. The molecule has 0 aromatic heterocycles. The summed E-state index contributed by atoms with van der Waals surface area (Å²) in [5.74, 6) is -2.71. The van der Waals surface area contributed by atoms with Gasteiger partial charge in [-0.15, -0.1) is 0 Å². The van der Waals surface area contributed by atoms with E-state index in [4.69, 9.17) is 49.6 Å². The Morgan fingerprint density at radius 3 is 1.05 bits per heavy atom. The Morgan fingerprint density at radius 1 is 0.375 bits per heavy atom. The zero-order chi connectivity index (χ0) is 42.2. The molecule has 0 aliphatic rings. The Morgan fingerprint density at radius 2 is 0.696 bits per heavy atom. The van der Waals surface area contributed by atoms with Gasteiger partial charge in [0.2, 0.25) is 0 Å². The van der Waals surface area contributed by atoms with Crippen LogP contribution in [0.5, 0.6) is 46.0 Å². The molecule has 4 rings (SSSR count). The van der Waals surface area contributed by atoms with Crippen molar-refractivity contribution in [2.24, 2.45) is 0 Å². The number of rotatable bonds is 12. The molecule has 0 heterocycles. The molecular weight excluding hydrogens is 736 g/mol. The number of hydrogen-bond acceptors (Lipinski definition) is 12. The van der Waals surface area contributed by atoms with Crippen molar-refractivity contribution in [2.75, 3.05) is 28.4 Å². The number of ether oxygens (including phenoxy) is 4. The lowest BCUT2D eigenvalue weighted by Gasteiger charge is -2.07. The first-order chi connectivity index (χ1) is 26.5. The first-order valence-electron chi connectivity index (χ1n) is 15.6. The monoisotopic (exact) mass is 776 g/mol. The number of phenols is 4. The number of methoxy groups -OCH3 is 4. The maximum atomic E-state index is 10.3. The lowest BCUT2D eigenvalue weighted by Crippen LogP contribution is -1.91. The molecule has 0 unspecified atom stereocenters. The van der Waals surface area contributed by atoms with Crippen LogP contribution in [0.1, 0.15) is 22.3 Å². The normalized spacial score (nSPS) is 10.4. The van der Waals surface area contributed by atoms with Crippen molar-refractivity contribution in [3.05, 3.63) is 119 Å². The molecule has 0 fully saturated rings. The fraction of sp³-hybridized carbons (Fsp3) is 0.100. The average molecular weight is 777 g/mol. The summed E-state index contributed by atoms with van der Waals surface area (Å²) in [5.41, 5.74) is 2.51. The molecule has 4 aromatic carbocycles. The Balaban J connectivity index is 0.000000374. The topological polar surface area (TPSA) is 267 Å². The van der Waals surface area contributed by atoms with Gasteiger partial charge in [0, 0.05) is 24.3 Å². The van der Waals surface area contributed by atoms with E-state index < -0.39 is 23.9 Å². The molecule has 0 bridgehead atoms. The lowest BCUT2D eigenvalue weighted by atomic mass is 10.2. The molecular formula is C40H40O16. The number of aromatic hydroxyl groups is 4. The molecule has 56 heavy (non-hydrogen) atoms. The minimum atomic E-state index is -1.06. The Labute approximate surface area is 320 Å². The number of carbonyl (C=O) groups is 4. The van der Waals surface area contributed by atoms with Gasteiger partial charge in [-0.2, -0.15) is 0 Å². The molecule has 296 valence electrons. The van der Waals surface area contributed by atoms with Crippen molar-refractivity contribution in [1.82, 2.24) is 0 Å². The number of aliphatic carboxylic acids is 4. The third kappa shape index (κ3) is 18.1. The van der Waals surface area contributed by atoms with Crippen LogP contribution in [0.25, 0.3) is 24.3 Å². The molecule has 16 heteroatoms. The Hall–Kier alpha value is -7.88. The van der Waals surface area contributed by atoms with E-state index in [0.717, 1.165) is 29.9 Å². The number of carboxylic acid groups (broad SMARTS) is 4. The van der Waals surface area contributed by atoms with Gasteiger partial charge in [0.15, 0.2) is 46.0 Å². The summed E-state index contributed by atoms with van der Waals surface area (Å²) in [6.45, 7) is 0. The van der Waals surface area contributed by atoms with Crippen molar-refractivity contribution in [3.63, 3.8) is 0 Å². The van der Waals surface area contributed by atoms with Crippen molar-refractivity contribution in [1.29, 1.82) is 0 Å². The number of benzene rings is 4. The Bertz CT molecular complexity index is 2060. The summed E-state index contributed by atoms with van der Waals surface area (Å²) >= 11 is 0. The van der Waals surface area contributed by atoms with Gasteiger partial charge in [0.1, 0.15) is 0 Å². The maximum absolute atomic E-state index is 10.3. The number of carboxylic acids is 4. The fourth-order valence-corrected chi connectivity index (χ4v) is 3.88. The van der Waals surface area contributed by atoms with Crippen LogP contribution in [0.2, 0.25) is 0 Å². The second kappa shape index (κ2) is 24.4. The van der Waals surface area contributed by atoms with Crippen LogP contribution in [0.15, 0.2) is 97.1 Å². The molecule has 0 atom stereocenters. The van der Waals surface area contributed by atoms with Crippen LogP contribution in [0.3, 0.4) is 0 Å².